The molecule has 0 heterocycles. The van der Waals surface area contributed by atoms with Gasteiger partial charge in [0, 0.05) is 0 Å². The van der Waals surface area contributed by atoms with Crippen LogP contribution in [0.3, 0.4) is 0 Å². The van der Waals surface area contributed by atoms with Crippen molar-refractivity contribution >= 4 is 21.5 Å². The molecule has 17 rings (SSSR count). The van der Waals surface area contributed by atoms with Crippen LogP contribution < -0.4 is 0 Å². The molecule has 0 radical (unpaired) electrons. The van der Waals surface area contributed by atoms with Crippen molar-refractivity contribution in [2.75, 3.05) is 0 Å². The highest BCUT2D eigenvalue weighted by Crippen LogP contribution is 2.64. The van der Waals surface area contributed by atoms with E-state index < -0.39 is 0 Å². The maximum atomic E-state index is 2.42. The summed E-state index contributed by atoms with van der Waals surface area (Å²) >= 11 is 0. The third-order valence-corrected chi connectivity index (χ3v) is 18.2. The van der Waals surface area contributed by atoms with Crippen molar-refractivity contribution < 1.29 is 0 Å². The number of rotatable bonds is 10. The molecule has 15 aromatic carbocycles. The second kappa shape index (κ2) is 20.3. The molecular formula is C86H54. The lowest BCUT2D eigenvalue weighted by molar-refractivity contribution is 1.54. The first-order chi connectivity index (χ1) is 42.8. The minimum atomic E-state index is 1.19. The van der Waals surface area contributed by atoms with Crippen LogP contribution in [0, 0.1) is 0 Å². The van der Waals surface area contributed by atoms with Gasteiger partial charge in [-0.15, -0.1) is 0 Å². The van der Waals surface area contributed by atoms with Gasteiger partial charge in [0.2, 0.25) is 0 Å². The lowest BCUT2D eigenvalue weighted by atomic mass is 9.76. The molecule has 0 saturated carbocycles. The Balaban J connectivity index is 0.862. The van der Waals surface area contributed by atoms with Gasteiger partial charge in [-0.2, -0.15) is 0 Å². The van der Waals surface area contributed by atoms with Crippen molar-refractivity contribution in [2.45, 2.75) is 0 Å². The highest BCUT2D eigenvalue weighted by Gasteiger charge is 2.36. The molecule has 0 nitrogen and oxygen atoms in total. The van der Waals surface area contributed by atoms with Crippen LogP contribution in [0.4, 0.5) is 0 Å². The van der Waals surface area contributed by atoms with E-state index in [9.17, 15) is 0 Å². The van der Waals surface area contributed by atoms with Gasteiger partial charge < -0.3 is 0 Å². The van der Waals surface area contributed by atoms with Crippen LogP contribution in [0.5, 0.6) is 0 Å². The van der Waals surface area contributed by atoms with Gasteiger partial charge in [-0.1, -0.05) is 328 Å². The Labute approximate surface area is 501 Å². The lowest BCUT2D eigenvalue weighted by Crippen LogP contribution is -1.99. The van der Waals surface area contributed by atoms with Crippen molar-refractivity contribution in [1.29, 1.82) is 0 Å². The largest absolute Gasteiger partial charge is 0.0622 e. The highest BCUT2D eigenvalue weighted by atomic mass is 14.4. The van der Waals surface area contributed by atoms with Crippen molar-refractivity contribution in [3.05, 3.63) is 328 Å². The minimum absolute atomic E-state index is 1.19. The molecular weight excluding hydrogens is 1030 g/mol. The van der Waals surface area contributed by atoms with Gasteiger partial charge in [0.05, 0.1) is 0 Å². The average Bonchev–Trinajstić information content (AvgIpc) is 1.54. The van der Waals surface area contributed by atoms with E-state index in [1.807, 2.05) is 0 Å². The summed E-state index contributed by atoms with van der Waals surface area (Å²) in [7, 11) is 0. The molecule has 0 atom stereocenters. The van der Waals surface area contributed by atoms with E-state index >= 15 is 0 Å². The first-order valence-electron chi connectivity index (χ1n) is 29.9. The fourth-order valence-electron chi connectivity index (χ4n) is 14.7. The number of fused-ring (bicyclic) bond motifs is 6. The zero-order chi connectivity index (χ0) is 56.7. The van der Waals surface area contributed by atoms with E-state index in [-0.39, 0.29) is 0 Å². The van der Waals surface area contributed by atoms with E-state index in [0.29, 0.717) is 0 Å². The molecule has 0 aliphatic heterocycles. The Morgan fingerprint density at radius 1 is 0.105 bits per heavy atom. The Morgan fingerprint density at radius 2 is 0.291 bits per heavy atom. The molecule has 0 bridgehead atoms. The maximum absolute atomic E-state index is 2.42. The number of hydrogen-bond donors (Lipinski definition) is 0. The van der Waals surface area contributed by atoms with Gasteiger partial charge in [0.1, 0.15) is 0 Å². The summed E-state index contributed by atoms with van der Waals surface area (Å²) in [5, 5.41) is 5.09. The van der Waals surface area contributed by atoms with Gasteiger partial charge >= 0.3 is 0 Å². The van der Waals surface area contributed by atoms with Crippen molar-refractivity contribution in [2.24, 2.45) is 0 Å². The number of hydrogen-bond acceptors (Lipinski definition) is 0. The zero-order valence-electron chi connectivity index (χ0n) is 47.2. The summed E-state index contributed by atoms with van der Waals surface area (Å²) < 4.78 is 0. The van der Waals surface area contributed by atoms with Gasteiger partial charge in [-0.3, -0.25) is 0 Å². The minimum Gasteiger partial charge on any atom is -0.0622 e. The SMILES string of the molecule is c1ccc(-c2c(-c3ccccc3)c(-c3ccccc3)c3c(c2-c2ccccc2)-c2cccc4c(-c5ccc(-c6ccc7c8c(cccc68)-c6c(-c8ccccc8)c(-c8ccccc8)c(-c8ccccc8)c(-c8ccccc8)c6-7)cc5)ccc-3c24)cc1. The summed E-state index contributed by atoms with van der Waals surface area (Å²) in [5.41, 5.74) is 34.7. The second-order valence-corrected chi connectivity index (χ2v) is 22.8. The molecule has 15 aromatic rings. The quantitative estimate of drug-likeness (QED) is 0.128. The topological polar surface area (TPSA) is 0 Å². The second-order valence-electron chi connectivity index (χ2n) is 22.8. The van der Waals surface area contributed by atoms with E-state index in [2.05, 4.69) is 328 Å². The molecule has 0 fully saturated rings. The molecule has 2 aliphatic carbocycles. The molecule has 0 amide bonds. The summed E-state index contributed by atoms with van der Waals surface area (Å²) in [4.78, 5) is 0. The van der Waals surface area contributed by atoms with Crippen molar-refractivity contribution in [3.8, 4) is 156 Å². The van der Waals surface area contributed by atoms with E-state index in [1.165, 1.54) is 177 Å². The number of benzene rings is 15. The zero-order valence-corrected chi connectivity index (χ0v) is 47.2. The van der Waals surface area contributed by atoms with Gasteiger partial charge in [0.25, 0.3) is 0 Å². The Hall–Kier alpha value is -11.2. The molecule has 0 aromatic heterocycles. The summed E-state index contributed by atoms with van der Waals surface area (Å²) in [6.07, 6.45) is 0. The van der Waals surface area contributed by atoms with Crippen molar-refractivity contribution in [3.63, 3.8) is 0 Å². The van der Waals surface area contributed by atoms with E-state index in [1.54, 1.807) is 0 Å². The predicted octanol–water partition coefficient (Wildman–Crippen LogP) is 24.0. The summed E-state index contributed by atoms with van der Waals surface area (Å²) in [5.74, 6) is 0. The third kappa shape index (κ3) is 7.70. The first-order valence-corrected chi connectivity index (χ1v) is 29.9. The van der Waals surface area contributed by atoms with Crippen molar-refractivity contribution in [1.82, 2.24) is 0 Å². The van der Waals surface area contributed by atoms with Crippen LogP contribution in [0.1, 0.15) is 0 Å². The third-order valence-electron chi connectivity index (χ3n) is 18.2. The Morgan fingerprint density at radius 3 is 0.512 bits per heavy atom. The molecule has 86 heavy (non-hydrogen) atoms. The lowest BCUT2D eigenvalue weighted by Gasteiger charge is -2.26. The van der Waals surface area contributed by atoms with Gasteiger partial charge in [-0.25, -0.2) is 0 Å². The maximum Gasteiger partial charge on any atom is -0.000718 e. The molecule has 0 saturated heterocycles. The standard InChI is InChI=1S/C86H54/c1-9-27-57(28-10-1)73-75(59-31-13-3-14-32-59)79(63-39-21-7-22-40-63)85-71-53-51-65(67-43-25-45-69(81(67)71)83(85)77(73)61-35-17-5-18-36-61)55-47-49-56(50-48-55)66-52-54-72-82-68(66)44-26-46-70(82)84-78(62-37-19-6-20-38-62)74(58-29-11-2-12-30-58)76(60-33-15-4-16-34-60)80(86(72)84)64-41-23-8-24-42-64/h1-54H. The van der Waals surface area contributed by atoms with E-state index in [0.717, 1.165) is 0 Å². The van der Waals surface area contributed by atoms with Crippen LogP contribution in [0.15, 0.2) is 328 Å². The van der Waals surface area contributed by atoms with Crippen LogP contribution >= 0.6 is 0 Å². The monoisotopic (exact) mass is 1090 g/mol. The molecule has 0 heteroatoms. The fourth-order valence-corrected chi connectivity index (χ4v) is 14.7. The van der Waals surface area contributed by atoms with Crippen LogP contribution in [-0.4, -0.2) is 0 Å². The molecule has 2 aliphatic rings. The summed E-state index contributed by atoms with van der Waals surface area (Å²) in [6, 6.07) is 122. The van der Waals surface area contributed by atoms with E-state index in [4.69, 9.17) is 0 Å². The summed E-state index contributed by atoms with van der Waals surface area (Å²) in [6.45, 7) is 0. The average molecular weight is 1090 g/mol. The molecule has 0 unspecified atom stereocenters. The molecule has 0 spiro atoms. The smallest absolute Gasteiger partial charge is 0.000718 e. The first kappa shape index (κ1) is 49.4. The predicted molar refractivity (Wildman–Crippen MR) is 365 cm³/mol. The molecule has 0 N–H and O–H groups in total. The van der Waals surface area contributed by atoms with Crippen LogP contribution in [0.25, 0.3) is 177 Å². The van der Waals surface area contributed by atoms with Crippen LogP contribution in [0.2, 0.25) is 0 Å². The molecule has 398 valence electrons. The Kier molecular flexibility index (Phi) is 11.7. The fraction of sp³-hybridized carbons (Fsp3) is 0. The highest BCUT2D eigenvalue weighted by molar-refractivity contribution is 6.29. The van der Waals surface area contributed by atoms with Crippen LogP contribution in [-0.2, 0) is 0 Å². The van der Waals surface area contributed by atoms with Gasteiger partial charge in [-0.05, 0) is 177 Å². The van der Waals surface area contributed by atoms with Gasteiger partial charge in [0.15, 0.2) is 0 Å². The normalized spacial score (nSPS) is 11.7. The Bertz CT molecular complexity index is 4550.